The Labute approximate surface area is 116 Å². The summed E-state index contributed by atoms with van der Waals surface area (Å²) in [5.74, 6) is 0. The molecule has 0 radical (unpaired) electrons. The number of hydrogen-bond donors (Lipinski definition) is 0. The maximum Gasteiger partial charge on any atom is 0.0892 e. The summed E-state index contributed by atoms with van der Waals surface area (Å²) in [5, 5.41) is 3.58. The van der Waals surface area contributed by atoms with Crippen LogP contribution in [0, 0.1) is 0 Å². The van der Waals surface area contributed by atoms with Crippen LogP contribution in [0.1, 0.15) is 0 Å². The lowest BCUT2D eigenvalue weighted by Gasteiger charge is -2.07. The van der Waals surface area contributed by atoms with E-state index in [0.717, 1.165) is 22.2 Å². The number of hydrogen-bond acceptors (Lipinski definition) is 2. The average Bonchev–Trinajstić information content (AvgIpc) is 2.54. The summed E-state index contributed by atoms with van der Waals surface area (Å²) in [6.07, 6.45) is 3.60. The van der Waals surface area contributed by atoms with Gasteiger partial charge in [-0.05, 0) is 22.9 Å². The van der Waals surface area contributed by atoms with Gasteiger partial charge in [0.05, 0.1) is 17.4 Å². The van der Waals surface area contributed by atoms with Crippen LogP contribution in [0.5, 0.6) is 0 Å². The Hall–Kier alpha value is -2.74. The van der Waals surface area contributed by atoms with Gasteiger partial charge in [-0.25, -0.2) is 4.98 Å². The van der Waals surface area contributed by atoms with Gasteiger partial charge >= 0.3 is 0 Å². The lowest BCUT2D eigenvalue weighted by atomic mass is 10.0. The molecule has 4 aromatic rings. The monoisotopic (exact) mass is 256 g/mol. The van der Waals surface area contributed by atoms with Crippen molar-refractivity contribution in [1.82, 2.24) is 9.97 Å². The highest BCUT2D eigenvalue weighted by Gasteiger charge is 2.05. The van der Waals surface area contributed by atoms with Crippen LogP contribution < -0.4 is 0 Å². The molecule has 0 fully saturated rings. The molecule has 0 aliphatic carbocycles. The van der Waals surface area contributed by atoms with Crippen LogP contribution in [0.15, 0.2) is 73.1 Å². The Balaban J connectivity index is 2.01. The third-order valence-electron chi connectivity index (χ3n) is 3.56. The summed E-state index contributed by atoms with van der Waals surface area (Å²) in [7, 11) is 0. The number of benzene rings is 2. The molecule has 2 nitrogen and oxygen atoms in total. The van der Waals surface area contributed by atoms with Crippen molar-refractivity contribution in [2.45, 2.75) is 0 Å². The van der Waals surface area contributed by atoms with Crippen LogP contribution >= 0.6 is 0 Å². The Morgan fingerprint density at radius 2 is 1.60 bits per heavy atom. The van der Waals surface area contributed by atoms with Crippen molar-refractivity contribution in [1.29, 1.82) is 0 Å². The second kappa shape index (κ2) is 4.42. The van der Waals surface area contributed by atoms with E-state index >= 15 is 0 Å². The molecular weight excluding hydrogens is 244 g/mol. The van der Waals surface area contributed by atoms with Crippen LogP contribution in [-0.2, 0) is 0 Å². The zero-order valence-corrected chi connectivity index (χ0v) is 10.8. The Morgan fingerprint density at radius 1 is 0.700 bits per heavy atom. The van der Waals surface area contributed by atoms with Gasteiger partial charge in [0.2, 0.25) is 0 Å². The summed E-state index contributed by atoms with van der Waals surface area (Å²) in [6.45, 7) is 0. The fraction of sp³-hybridized carbons (Fsp3) is 0. The number of pyridine rings is 2. The number of fused-ring (bicyclic) bond motifs is 2. The molecule has 0 spiro atoms. The topological polar surface area (TPSA) is 25.8 Å². The van der Waals surface area contributed by atoms with E-state index in [9.17, 15) is 0 Å². The van der Waals surface area contributed by atoms with Gasteiger partial charge in [-0.3, -0.25) is 4.98 Å². The van der Waals surface area contributed by atoms with Crippen LogP contribution in [-0.4, -0.2) is 9.97 Å². The van der Waals surface area contributed by atoms with Crippen LogP contribution in [0.3, 0.4) is 0 Å². The fourth-order valence-corrected chi connectivity index (χ4v) is 2.57. The molecule has 0 unspecified atom stereocenters. The standard InChI is InChI=1S/C18H12N2/c1-2-6-15-13(4-1)5-3-7-16(15)17-9-8-14-10-11-19-12-18(14)20-17/h1-12H. The molecule has 0 saturated carbocycles. The summed E-state index contributed by atoms with van der Waals surface area (Å²) in [6, 6.07) is 20.9. The van der Waals surface area contributed by atoms with E-state index in [2.05, 4.69) is 59.6 Å². The van der Waals surface area contributed by atoms with Crippen molar-refractivity contribution in [3.05, 3.63) is 73.1 Å². The first-order chi connectivity index (χ1) is 9.92. The Kier molecular flexibility index (Phi) is 2.46. The smallest absolute Gasteiger partial charge is 0.0892 e. The summed E-state index contributed by atoms with van der Waals surface area (Å²) < 4.78 is 0. The molecule has 0 bridgehead atoms. The molecule has 0 aliphatic heterocycles. The van der Waals surface area contributed by atoms with Gasteiger partial charge in [0.1, 0.15) is 0 Å². The summed E-state index contributed by atoms with van der Waals surface area (Å²) in [4.78, 5) is 8.88. The third kappa shape index (κ3) is 1.74. The van der Waals surface area contributed by atoms with E-state index in [1.165, 1.54) is 10.8 Å². The molecule has 4 rings (SSSR count). The van der Waals surface area contributed by atoms with E-state index in [1.54, 1.807) is 6.20 Å². The minimum absolute atomic E-state index is 0.929. The average molecular weight is 256 g/mol. The number of nitrogens with zero attached hydrogens (tertiary/aromatic N) is 2. The highest BCUT2D eigenvalue weighted by Crippen LogP contribution is 2.28. The number of rotatable bonds is 1. The van der Waals surface area contributed by atoms with Gasteiger partial charge in [0.15, 0.2) is 0 Å². The van der Waals surface area contributed by atoms with Crippen molar-refractivity contribution in [3.8, 4) is 11.3 Å². The normalized spacial score (nSPS) is 11.0. The minimum Gasteiger partial charge on any atom is -0.262 e. The van der Waals surface area contributed by atoms with Crippen LogP contribution in [0.4, 0.5) is 0 Å². The maximum atomic E-state index is 4.73. The minimum atomic E-state index is 0.929. The van der Waals surface area contributed by atoms with Crippen LogP contribution in [0.2, 0.25) is 0 Å². The molecule has 2 aromatic carbocycles. The molecule has 0 N–H and O–H groups in total. The number of aromatic nitrogens is 2. The second-order valence-corrected chi connectivity index (χ2v) is 4.79. The molecule has 2 aromatic heterocycles. The largest absolute Gasteiger partial charge is 0.262 e. The van der Waals surface area contributed by atoms with Crippen molar-refractivity contribution in [3.63, 3.8) is 0 Å². The van der Waals surface area contributed by atoms with Gasteiger partial charge < -0.3 is 0 Å². The second-order valence-electron chi connectivity index (χ2n) is 4.79. The molecule has 0 saturated heterocycles. The van der Waals surface area contributed by atoms with Gasteiger partial charge in [0, 0.05) is 17.1 Å². The molecule has 0 aliphatic rings. The zero-order valence-electron chi connectivity index (χ0n) is 10.8. The van der Waals surface area contributed by atoms with E-state index in [-0.39, 0.29) is 0 Å². The van der Waals surface area contributed by atoms with E-state index in [0.29, 0.717) is 0 Å². The van der Waals surface area contributed by atoms with Gasteiger partial charge in [-0.2, -0.15) is 0 Å². The lowest BCUT2D eigenvalue weighted by molar-refractivity contribution is 1.31. The quantitative estimate of drug-likeness (QED) is 0.503. The van der Waals surface area contributed by atoms with E-state index < -0.39 is 0 Å². The van der Waals surface area contributed by atoms with Crippen LogP contribution in [0.25, 0.3) is 32.9 Å². The molecule has 2 heterocycles. The first kappa shape index (κ1) is 11.1. The highest BCUT2D eigenvalue weighted by atomic mass is 14.7. The van der Waals surface area contributed by atoms with Crippen molar-refractivity contribution in [2.75, 3.05) is 0 Å². The zero-order chi connectivity index (χ0) is 13.4. The molecule has 2 heteroatoms. The first-order valence-corrected chi connectivity index (χ1v) is 6.61. The van der Waals surface area contributed by atoms with Gasteiger partial charge in [0.25, 0.3) is 0 Å². The molecule has 0 atom stereocenters. The summed E-state index contributed by atoms with van der Waals surface area (Å²) in [5.41, 5.74) is 3.08. The van der Waals surface area contributed by atoms with Gasteiger partial charge in [-0.1, -0.05) is 48.5 Å². The third-order valence-corrected chi connectivity index (χ3v) is 3.56. The Bertz CT molecular complexity index is 908. The lowest BCUT2D eigenvalue weighted by Crippen LogP contribution is -1.87. The van der Waals surface area contributed by atoms with Crippen molar-refractivity contribution >= 4 is 21.7 Å². The van der Waals surface area contributed by atoms with E-state index in [1.807, 2.05) is 12.3 Å². The predicted molar refractivity (Wildman–Crippen MR) is 82.5 cm³/mol. The SMILES string of the molecule is c1ccc2c(-c3ccc4ccncc4n3)cccc2c1. The molecule has 0 amide bonds. The highest BCUT2D eigenvalue weighted by molar-refractivity contribution is 5.96. The molecular formula is C18H12N2. The van der Waals surface area contributed by atoms with Crippen molar-refractivity contribution < 1.29 is 0 Å². The summed E-state index contributed by atoms with van der Waals surface area (Å²) >= 11 is 0. The fourth-order valence-electron chi connectivity index (χ4n) is 2.57. The Morgan fingerprint density at radius 3 is 2.60 bits per heavy atom. The first-order valence-electron chi connectivity index (χ1n) is 6.61. The van der Waals surface area contributed by atoms with E-state index in [4.69, 9.17) is 4.98 Å². The predicted octanol–water partition coefficient (Wildman–Crippen LogP) is 4.45. The van der Waals surface area contributed by atoms with Crippen molar-refractivity contribution in [2.24, 2.45) is 0 Å². The van der Waals surface area contributed by atoms with Gasteiger partial charge in [-0.15, -0.1) is 0 Å². The maximum absolute atomic E-state index is 4.73. The molecule has 20 heavy (non-hydrogen) atoms. The molecule has 94 valence electrons.